The van der Waals surface area contributed by atoms with Crippen molar-refractivity contribution in [3.8, 4) is 0 Å². The maximum Gasteiger partial charge on any atom is 0.344 e. The van der Waals surface area contributed by atoms with Gasteiger partial charge in [-0.2, -0.15) is 0 Å². The van der Waals surface area contributed by atoms with Crippen molar-refractivity contribution >= 4 is 5.97 Å². The number of likely N-dealkylation sites (tertiary alicyclic amines) is 1. The highest BCUT2D eigenvalue weighted by molar-refractivity contribution is 5.89. The molecule has 0 N–H and O–H groups in total. The second kappa shape index (κ2) is 8.03. The Bertz CT molecular complexity index is 874. The number of allylic oxidation sites excluding steroid dienone is 3. The van der Waals surface area contributed by atoms with Gasteiger partial charge in [0.25, 0.3) is 0 Å². The number of esters is 1. The molecule has 2 aliphatic carbocycles. The zero-order chi connectivity index (χ0) is 20.4. The minimum Gasteiger partial charge on any atom is -0.497 e. The van der Waals surface area contributed by atoms with E-state index >= 15 is 0 Å². The first-order valence-corrected chi connectivity index (χ1v) is 10.1. The Labute approximate surface area is 171 Å². The molecule has 1 aromatic heterocycles. The second-order valence-corrected chi connectivity index (χ2v) is 7.98. The highest BCUT2D eigenvalue weighted by Crippen LogP contribution is 2.53. The fourth-order valence-corrected chi connectivity index (χ4v) is 4.98. The normalized spacial score (nSPS) is 27.1. The van der Waals surface area contributed by atoms with Crippen molar-refractivity contribution in [1.82, 2.24) is 9.88 Å². The van der Waals surface area contributed by atoms with E-state index in [9.17, 15) is 4.79 Å². The molecular formula is C23H28N2O4. The van der Waals surface area contributed by atoms with E-state index in [4.69, 9.17) is 14.2 Å². The fourth-order valence-electron chi connectivity index (χ4n) is 4.98. The summed E-state index contributed by atoms with van der Waals surface area (Å²) in [6.07, 6.45) is 12.0. The van der Waals surface area contributed by atoms with Crippen LogP contribution < -0.4 is 0 Å². The molecule has 29 heavy (non-hydrogen) atoms. The summed E-state index contributed by atoms with van der Waals surface area (Å²) in [5.41, 5.74) is 1.95. The summed E-state index contributed by atoms with van der Waals surface area (Å²) in [7, 11) is 5.56. The number of hydrogen-bond donors (Lipinski definition) is 0. The molecular weight excluding hydrogens is 368 g/mol. The number of fused-ring (bicyclic) bond motifs is 1. The van der Waals surface area contributed by atoms with E-state index in [1.54, 1.807) is 32.5 Å². The van der Waals surface area contributed by atoms with Crippen LogP contribution in [0.3, 0.4) is 0 Å². The van der Waals surface area contributed by atoms with Crippen LogP contribution in [0.25, 0.3) is 0 Å². The first-order chi connectivity index (χ1) is 14.1. The van der Waals surface area contributed by atoms with Crippen LogP contribution in [0.1, 0.15) is 42.5 Å². The summed E-state index contributed by atoms with van der Waals surface area (Å²) in [5.74, 6) is 2.15. The lowest BCUT2D eigenvalue weighted by molar-refractivity contribution is 0.0567. The van der Waals surface area contributed by atoms with Gasteiger partial charge in [0.1, 0.15) is 11.5 Å². The van der Waals surface area contributed by atoms with Crippen molar-refractivity contribution in [3.05, 3.63) is 65.1 Å². The molecule has 1 aliphatic heterocycles. The molecule has 1 fully saturated rings. The fraction of sp³-hybridized carbons (Fsp3) is 0.478. The lowest BCUT2D eigenvalue weighted by Crippen LogP contribution is -2.42. The Balaban J connectivity index is 1.58. The summed E-state index contributed by atoms with van der Waals surface area (Å²) >= 11 is 0. The molecule has 0 unspecified atom stereocenters. The van der Waals surface area contributed by atoms with Crippen molar-refractivity contribution in [3.63, 3.8) is 0 Å². The van der Waals surface area contributed by atoms with Crippen LogP contribution in [0.5, 0.6) is 0 Å². The predicted molar refractivity (Wildman–Crippen MR) is 109 cm³/mol. The van der Waals surface area contributed by atoms with Crippen molar-refractivity contribution in [2.45, 2.75) is 38.1 Å². The Morgan fingerprint density at radius 2 is 2.14 bits per heavy atom. The van der Waals surface area contributed by atoms with Crippen molar-refractivity contribution in [2.75, 3.05) is 27.8 Å². The number of methoxy groups -OCH3 is 2. The molecule has 0 amide bonds. The van der Waals surface area contributed by atoms with Gasteiger partial charge < -0.3 is 19.1 Å². The van der Waals surface area contributed by atoms with E-state index in [-0.39, 0.29) is 11.4 Å². The van der Waals surface area contributed by atoms with E-state index in [0.717, 1.165) is 55.9 Å². The molecule has 154 valence electrons. The van der Waals surface area contributed by atoms with Gasteiger partial charge in [0.05, 0.1) is 19.8 Å². The van der Waals surface area contributed by atoms with E-state index in [2.05, 4.69) is 29.1 Å². The molecule has 0 bridgehead atoms. The van der Waals surface area contributed by atoms with Gasteiger partial charge in [-0.1, -0.05) is 5.57 Å². The van der Waals surface area contributed by atoms with E-state index in [1.807, 2.05) is 0 Å². The van der Waals surface area contributed by atoms with Crippen LogP contribution in [0.4, 0.5) is 0 Å². The van der Waals surface area contributed by atoms with Gasteiger partial charge >= 0.3 is 5.97 Å². The standard InChI is InChI=1S/C23H28N2O4/c1-25-12-10-23(17-6-7-19(27-2)20(13-17)28-3)9-8-18(14-21(23)25)29-22(26)16-5-4-11-24-15-16/h4-5,8,11,13,15,21H,6-7,9-10,12,14H2,1-3H3/t21-,23-/m0/s1. The molecule has 2 heterocycles. The minimum absolute atomic E-state index is 0.0576. The third kappa shape index (κ3) is 3.57. The van der Waals surface area contributed by atoms with Crippen LogP contribution in [0.2, 0.25) is 0 Å². The molecule has 0 aromatic carbocycles. The SMILES string of the molecule is COC1=C(OC)CCC([C@@]23CC=C(OC(=O)c4cccnc4)C[C@@H]2N(C)CC3)=C1. The first-order valence-electron chi connectivity index (χ1n) is 10.1. The largest absolute Gasteiger partial charge is 0.497 e. The highest BCUT2D eigenvalue weighted by Gasteiger charge is 2.50. The molecule has 3 aliphatic rings. The summed E-state index contributed by atoms with van der Waals surface area (Å²) in [6, 6.07) is 3.77. The third-order valence-corrected chi connectivity index (χ3v) is 6.60. The summed E-state index contributed by atoms with van der Waals surface area (Å²) < 4.78 is 16.8. The van der Waals surface area contributed by atoms with Crippen LogP contribution in [-0.2, 0) is 14.2 Å². The summed E-state index contributed by atoms with van der Waals surface area (Å²) in [4.78, 5) is 18.9. The zero-order valence-corrected chi connectivity index (χ0v) is 17.3. The second-order valence-electron chi connectivity index (χ2n) is 7.98. The summed E-state index contributed by atoms with van der Waals surface area (Å²) in [5, 5.41) is 0. The number of aromatic nitrogens is 1. The minimum atomic E-state index is -0.344. The maximum atomic E-state index is 12.5. The van der Waals surface area contributed by atoms with Gasteiger partial charge in [-0.3, -0.25) is 4.98 Å². The lowest BCUT2D eigenvalue weighted by atomic mass is 9.65. The number of ether oxygens (including phenoxy) is 3. The number of nitrogens with zero attached hydrogens (tertiary/aromatic N) is 2. The van der Waals surface area contributed by atoms with Crippen LogP contribution >= 0.6 is 0 Å². The molecule has 0 saturated carbocycles. The molecule has 6 nitrogen and oxygen atoms in total. The lowest BCUT2D eigenvalue weighted by Gasteiger charge is -2.43. The highest BCUT2D eigenvalue weighted by atomic mass is 16.5. The quantitative estimate of drug-likeness (QED) is 0.705. The van der Waals surface area contributed by atoms with Crippen LogP contribution in [0, 0.1) is 5.41 Å². The van der Waals surface area contributed by atoms with Gasteiger partial charge in [0.2, 0.25) is 0 Å². The Kier molecular flexibility index (Phi) is 5.46. The van der Waals surface area contributed by atoms with Crippen molar-refractivity contribution < 1.29 is 19.0 Å². The predicted octanol–water partition coefficient (Wildman–Crippen LogP) is 3.83. The molecule has 6 heteroatoms. The Morgan fingerprint density at radius 3 is 2.86 bits per heavy atom. The van der Waals surface area contributed by atoms with Gasteiger partial charge in [-0.05, 0) is 57.1 Å². The maximum absolute atomic E-state index is 12.5. The van der Waals surface area contributed by atoms with Crippen molar-refractivity contribution in [1.29, 1.82) is 0 Å². The van der Waals surface area contributed by atoms with Crippen molar-refractivity contribution in [2.24, 2.45) is 5.41 Å². The van der Waals surface area contributed by atoms with E-state index < -0.39 is 0 Å². The average molecular weight is 396 g/mol. The molecule has 1 aromatic rings. The van der Waals surface area contributed by atoms with Gasteiger partial charge in [-0.15, -0.1) is 0 Å². The topological polar surface area (TPSA) is 60.9 Å². The molecule has 1 saturated heterocycles. The first kappa shape index (κ1) is 19.7. The van der Waals surface area contributed by atoms with Crippen LogP contribution in [-0.4, -0.2) is 49.7 Å². The molecule has 4 rings (SSSR count). The van der Waals surface area contributed by atoms with Gasteiger partial charge in [0, 0.05) is 36.7 Å². The Hall–Kier alpha value is -2.60. The zero-order valence-electron chi connectivity index (χ0n) is 17.3. The van der Waals surface area contributed by atoms with Crippen LogP contribution in [0.15, 0.2) is 59.5 Å². The number of rotatable bonds is 5. The Morgan fingerprint density at radius 1 is 1.28 bits per heavy atom. The molecule has 0 radical (unpaired) electrons. The third-order valence-electron chi connectivity index (χ3n) is 6.60. The monoisotopic (exact) mass is 396 g/mol. The van der Waals surface area contributed by atoms with E-state index in [1.165, 1.54) is 11.8 Å². The smallest absolute Gasteiger partial charge is 0.344 e. The van der Waals surface area contributed by atoms with Gasteiger partial charge in [0.15, 0.2) is 5.76 Å². The number of carbonyl (C=O) groups excluding carboxylic acids is 1. The number of carbonyl (C=O) groups is 1. The van der Waals surface area contributed by atoms with E-state index in [0.29, 0.717) is 11.6 Å². The summed E-state index contributed by atoms with van der Waals surface area (Å²) in [6.45, 7) is 1.03. The molecule has 0 spiro atoms. The van der Waals surface area contributed by atoms with Gasteiger partial charge in [-0.25, -0.2) is 4.79 Å². The average Bonchev–Trinajstić information content (AvgIpc) is 3.11. The molecule has 2 atom stereocenters. The number of pyridine rings is 1. The number of hydrogen-bond acceptors (Lipinski definition) is 6.